The van der Waals surface area contributed by atoms with Crippen molar-refractivity contribution in [2.24, 2.45) is 0 Å². The fraction of sp³-hybridized carbons (Fsp3) is 0.105. The van der Waals surface area contributed by atoms with E-state index in [0.29, 0.717) is 5.02 Å². The molecular formula is C19H16ClNO5S2. The Balaban J connectivity index is 1.95. The molecule has 9 heteroatoms. The number of aryl methyl sites for hydroxylation is 1. The van der Waals surface area contributed by atoms with E-state index < -0.39 is 16.0 Å². The van der Waals surface area contributed by atoms with Crippen LogP contribution in [0.1, 0.15) is 15.2 Å². The highest BCUT2D eigenvalue weighted by Gasteiger charge is 2.20. The first-order chi connectivity index (χ1) is 13.3. The van der Waals surface area contributed by atoms with Gasteiger partial charge < -0.3 is 9.47 Å². The smallest absolute Gasteiger partial charge is 0.351 e. The van der Waals surface area contributed by atoms with Crippen molar-refractivity contribution in [2.45, 2.75) is 11.8 Å². The zero-order chi connectivity index (χ0) is 20.3. The molecule has 28 heavy (non-hydrogen) atoms. The van der Waals surface area contributed by atoms with Gasteiger partial charge in [0.2, 0.25) is 0 Å². The Kier molecular flexibility index (Phi) is 5.93. The lowest BCUT2D eigenvalue weighted by Crippen LogP contribution is -2.13. The monoisotopic (exact) mass is 437 g/mol. The Bertz CT molecular complexity index is 1110. The molecule has 0 unspecified atom stereocenters. The number of rotatable bonds is 6. The molecular weight excluding hydrogens is 422 g/mol. The van der Waals surface area contributed by atoms with Gasteiger partial charge >= 0.3 is 5.97 Å². The molecule has 0 bridgehead atoms. The van der Waals surface area contributed by atoms with Crippen LogP contribution in [0.15, 0.2) is 58.8 Å². The summed E-state index contributed by atoms with van der Waals surface area (Å²) in [4.78, 5) is 12.2. The van der Waals surface area contributed by atoms with Crippen molar-refractivity contribution in [1.29, 1.82) is 0 Å². The molecule has 0 saturated carbocycles. The van der Waals surface area contributed by atoms with Crippen molar-refractivity contribution < 1.29 is 22.7 Å². The van der Waals surface area contributed by atoms with E-state index in [1.807, 2.05) is 6.92 Å². The van der Waals surface area contributed by atoms with E-state index in [1.54, 1.807) is 29.6 Å². The highest BCUT2D eigenvalue weighted by atomic mass is 35.5. The van der Waals surface area contributed by atoms with Crippen LogP contribution in [0.4, 0.5) is 5.69 Å². The number of thiophene rings is 1. The number of nitrogens with one attached hydrogen (secondary N) is 1. The van der Waals surface area contributed by atoms with Crippen molar-refractivity contribution >= 4 is 44.6 Å². The highest BCUT2D eigenvalue weighted by molar-refractivity contribution is 7.92. The largest absolute Gasteiger partial charge is 0.465 e. The molecule has 2 aromatic carbocycles. The molecule has 146 valence electrons. The second-order valence-corrected chi connectivity index (χ2v) is 8.80. The molecule has 0 aliphatic rings. The quantitative estimate of drug-likeness (QED) is 0.543. The minimum absolute atomic E-state index is 0.106. The molecule has 0 radical (unpaired) electrons. The van der Waals surface area contributed by atoms with Gasteiger partial charge in [0.15, 0.2) is 16.4 Å². The van der Waals surface area contributed by atoms with Gasteiger partial charge in [0.25, 0.3) is 10.0 Å². The van der Waals surface area contributed by atoms with Crippen molar-refractivity contribution in [3.63, 3.8) is 0 Å². The minimum atomic E-state index is -3.86. The summed E-state index contributed by atoms with van der Waals surface area (Å²) in [6, 6.07) is 12.6. The number of hydrogen-bond donors (Lipinski definition) is 1. The third-order valence-electron chi connectivity index (χ3n) is 3.74. The van der Waals surface area contributed by atoms with Crippen LogP contribution in [-0.4, -0.2) is 21.5 Å². The first kappa shape index (κ1) is 20.2. The predicted molar refractivity (Wildman–Crippen MR) is 109 cm³/mol. The molecule has 6 nitrogen and oxygen atoms in total. The number of ether oxygens (including phenoxy) is 2. The van der Waals surface area contributed by atoms with Gasteiger partial charge in [-0.3, -0.25) is 4.72 Å². The normalized spacial score (nSPS) is 11.1. The molecule has 1 heterocycles. The number of carbonyl (C=O) groups is 1. The van der Waals surface area contributed by atoms with E-state index in [4.69, 9.17) is 21.1 Å². The van der Waals surface area contributed by atoms with E-state index >= 15 is 0 Å². The zero-order valence-corrected chi connectivity index (χ0v) is 17.3. The molecule has 3 aromatic rings. The van der Waals surface area contributed by atoms with E-state index in [-0.39, 0.29) is 27.0 Å². The van der Waals surface area contributed by atoms with Crippen LogP contribution in [0.5, 0.6) is 11.5 Å². The lowest BCUT2D eigenvalue weighted by molar-refractivity contribution is 0.0604. The maximum atomic E-state index is 12.7. The molecule has 0 spiro atoms. The van der Waals surface area contributed by atoms with Crippen LogP contribution >= 0.6 is 22.9 Å². The van der Waals surface area contributed by atoms with Gasteiger partial charge in [-0.25, -0.2) is 13.2 Å². The summed E-state index contributed by atoms with van der Waals surface area (Å²) in [5, 5.41) is 2.00. The van der Waals surface area contributed by atoms with Gasteiger partial charge in [-0.15, -0.1) is 11.3 Å². The van der Waals surface area contributed by atoms with Gasteiger partial charge in [0.05, 0.1) is 17.7 Å². The summed E-state index contributed by atoms with van der Waals surface area (Å²) < 4.78 is 38.4. The Hall–Kier alpha value is -2.55. The fourth-order valence-corrected chi connectivity index (χ4v) is 4.30. The number of benzene rings is 2. The Morgan fingerprint density at radius 1 is 1.07 bits per heavy atom. The van der Waals surface area contributed by atoms with Crippen LogP contribution in [0.3, 0.4) is 0 Å². The first-order valence-electron chi connectivity index (χ1n) is 8.03. The van der Waals surface area contributed by atoms with E-state index in [9.17, 15) is 13.2 Å². The lowest BCUT2D eigenvalue weighted by Gasteiger charge is -2.14. The van der Waals surface area contributed by atoms with Gasteiger partial charge in [-0.2, -0.15) is 0 Å². The second kappa shape index (κ2) is 8.22. The molecule has 0 saturated heterocycles. The standard InChI is InChI=1S/C19H16ClNO5S2/c1-12-3-6-14(7-4-12)28(23,24)21-15-11-13(20)5-8-16(15)26-17-9-10-27-18(17)19(22)25-2/h3-11,21H,1-2H3. The molecule has 1 aromatic heterocycles. The summed E-state index contributed by atoms with van der Waals surface area (Å²) >= 11 is 7.19. The number of anilines is 1. The van der Waals surface area contributed by atoms with Crippen LogP contribution < -0.4 is 9.46 Å². The number of hydrogen-bond acceptors (Lipinski definition) is 6. The minimum Gasteiger partial charge on any atom is -0.465 e. The first-order valence-corrected chi connectivity index (χ1v) is 10.8. The Labute approximate surface area is 171 Å². The van der Waals surface area contributed by atoms with Gasteiger partial charge in [-0.05, 0) is 48.7 Å². The molecule has 0 amide bonds. The van der Waals surface area contributed by atoms with Crippen molar-refractivity contribution in [3.05, 3.63) is 69.4 Å². The third kappa shape index (κ3) is 4.46. The van der Waals surface area contributed by atoms with Crippen molar-refractivity contribution in [2.75, 3.05) is 11.8 Å². The van der Waals surface area contributed by atoms with Crippen LogP contribution in [-0.2, 0) is 14.8 Å². The van der Waals surface area contributed by atoms with E-state index in [1.165, 1.54) is 31.4 Å². The topological polar surface area (TPSA) is 81.7 Å². The maximum absolute atomic E-state index is 12.7. The summed E-state index contributed by atoms with van der Waals surface area (Å²) in [7, 11) is -2.58. The van der Waals surface area contributed by atoms with E-state index in [2.05, 4.69) is 4.72 Å². The molecule has 0 fully saturated rings. The summed E-state index contributed by atoms with van der Waals surface area (Å²) in [6.07, 6.45) is 0. The molecule has 3 rings (SSSR count). The summed E-state index contributed by atoms with van der Waals surface area (Å²) in [5.41, 5.74) is 1.09. The van der Waals surface area contributed by atoms with Crippen LogP contribution in [0.25, 0.3) is 0 Å². The Morgan fingerprint density at radius 3 is 2.46 bits per heavy atom. The SMILES string of the molecule is COC(=O)c1sccc1Oc1ccc(Cl)cc1NS(=O)(=O)c1ccc(C)cc1. The maximum Gasteiger partial charge on any atom is 0.351 e. The van der Waals surface area contributed by atoms with Crippen LogP contribution in [0.2, 0.25) is 5.02 Å². The van der Waals surface area contributed by atoms with Crippen LogP contribution in [0, 0.1) is 6.92 Å². The predicted octanol–water partition coefficient (Wildman–Crippen LogP) is 5.09. The third-order valence-corrected chi connectivity index (χ3v) is 6.23. The molecule has 1 N–H and O–H groups in total. The fourth-order valence-electron chi connectivity index (χ4n) is 2.33. The number of methoxy groups -OCH3 is 1. The van der Waals surface area contributed by atoms with Crippen molar-refractivity contribution in [1.82, 2.24) is 0 Å². The summed E-state index contributed by atoms with van der Waals surface area (Å²) in [6.45, 7) is 1.87. The number of sulfonamides is 1. The van der Waals surface area contributed by atoms with E-state index in [0.717, 1.165) is 16.9 Å². The van der Waals surface area contributed by atoms with Gasteiger partial charge in [0.1, 0.15) is 0 Å². The highest BCUT2D eigenvalue weighted by Crippen LogP contribution is 2.36. The summed E-state index contributed by atoms with van der Waals surface area (Å²) in [5.74, 6) is -0.0839. The Morgan fingerprint density at radius 2 is 1.79 bits per heavy atom. The molecule has 0 aliphatic carbocycles. The molecule has 0 atom stereocenters. The van der Waals surface area contributed by atoms with Gasteiger partial charge in [-0.1, -0.05) is 29.3 Å². The second-order valence-electron chi connectivity index (χ2n) is 5.77. The zero-order valence-electron chi connectivity index (χ0n) is 14.9. The molecule has 0 aliphatic heterocycles. The van der Waals surface area contributed by atoms with Gasteiger partial charge in [0, 0.05) is 5.02 Å². The van der Waals surface area contributed by atoms with Crippen molar-refractivity contribution in [3.8, 4) is 11.5 Å². The number of esters is 1. The average Bonchev–Trinajstić information content (AvgIpc) is 3.11. The lowest BCUT2D eigenvalue weighted by atomic mass is 10.2. The average molecular weight is 438 g/mol. The number of carbonyl (C=O) groups excluding carboxylic acids is 1. The number of halogens is 1.